The molecule has 1 N–H and O–H groups in total. The lowest BCUT2D eigenvalue weighted by atomic mass is 9.93. The molecule has 0 aromatic heterocycles. The van der Waals surface area contributed by atoms with E-state index in [1.807, 2.05) is 6.92 Å². The fourth-order valence-electron chi connectivity index (χ4n) is 9.30. The largest absolute Gasteiger partial charge is 0.492 e. The van der Waals surface area contributed by atoms with Gasteiger partial charge >= 0.3 is 0 Å². The Morgan fingerprint density at radius 3 is 1.61 bits per heavy atom. The summed E-state index contributed by atoms with van der Waals surface area (Å²) in [6.07, 6.45) is 27.6. The highest BCUT2D eigenvalue weighted by Gasteiger charge is 2.41. The minimum absolute atomic E-state index is 0.0847. The molecule has 2 fully saturated rings. The lowest BCUT2D eigenvalue weighted by Crippen LogP contribution is -2.34. The van der Waals surface area contributed by atoms with Gasteiger partial charge in [0.1, 0.15) is 13.6 Å². The average Bonchev–Trinajstić information content (AvgIpc) is 3.94. The van der Waals surface area contributed by atoms with E-state index in [-0.39, 0.29) is 30.5 Å². The lowest BCUT2D eigenvalue weighted by Gasteiger charge is -2.27. The molecular formula is C48H86O11. The van der Waals surface area contributed by atoms with E-state index in [9.17, 15) is 5.11 Å². The molecule has 11 heteroatoms. The number of rotatable bonds is 36. The van der Waals surface area contributed by atoms with Gasteiger partial charge in [-0.1, -0.05) is 110 Å². The second-order valence-corrected chi connectivity index (χ2v) is 17.0. The molecule has 0 bridgehead atoms. The Hall–Kier alpha value is -1.86. The van der Waals surface area contributed by atoms with Gasteiger partial charge in [-0.15, -0.1) is 0 Å². The summed E-state index contributed by atoms with van der Waals surface area (Å²) < 4.78 is 58.6. The van der Waals surface area contributed by atoms with Crippen LogP contribution in [0.3, 0.4) is 0 Å². The molecule has 0 radical (unpaired) electrons. The van der Waals surface area contributed by atoms with Crippen molar-refractivity contribution in [3.05, 3.63) is 11.1 Å². The molecule has 2 saturated heterocycles. The second-order valence-electron chi connectivity index (χ2n) is 17.0. The van der Waals surface area contributed by atoms with Crippen molar-refractivity contribution in [1.29, 1.82) is 0 Å². The van der Waals surface area contributed by atoms with Gasteiger partial charge in [-0.2, -0.15) is 0 Å². The number of hydrogen-bond acceptors (Lipinski definition) is 11. The number of benzene rings is 1. The second kappa shape index (κ2) is 31.1. The van der Waals surface area contributed by atoms with E-state index < -0.39 is 6.10 Å². The molecule has 11 nitrogen and oxygen atoms in total. The lowest BCUT2D eigenvalue weighted by molar-refractivity contribution is -0.146. The van der Waals surface area contributed by atoms with E-state index in [1.54, 1.807) is 42.7 Å². The third kappa shape index (κ3) is 17.8. The van der Waals surface area contributed by atoms with Crippen molar-refractivity contribution in [3.63, 3.8) is 0 Å². The molecule has 1 aromatic carbocycles. The van der Waals surface area contributed by atoms with Crippen LogP contribution in [0.4, 0.5) is 0 Å². The predicted octanol–water partition coefficient (Wildman–Crippen LogP) is 10.7. The number of ether oxygens (including phenoxy) is 10. The van der Waals surface area contributed by atoms with Gasteiger partial charge in [0.15, 0.2) is 11.5 Å². The molecular weight excluding hydrogens is 753 g/mol. The Kier molecular flexibility index (Phi) is 27.1. The summed E-state index contributed by atoms with van der Waals surface area (Å²) in [5, 5.41) is 11.0. The molecule has 0 aliphatic carbocycles. The smallest absolute Gasteiger partial charge is 0.207 e. The van der Waals surface area contributed by atoms with Crippen molar-refractivity contribution in [1.82, 2.24) is 0 Å². The predicted molar refractivity (Wildman–Crippen MR) is 234 cm³/mol. The van der Waals surface area contributed by atoms with Crippen LogP contribution in [0.1, 0.15) is 166 Å². The summed E-state index contributed by atoms with van der Waals surface area (Å²) in [5.41, 5.74) is 1.78. The third-order valence-electron chi connectivity index (χ3n) is 12.6. The molecule has 2 aliphatic heterocycles. The topological polar surface area (TPSA) is 113 Å². The Morgan fingerprint density at radius 1 is 0.559 bits per heavy atom. The molecule has 0 saturated carbocycles. The van der Waals surface area contributed by atoms with E-state index in [2.05, 4.69) is 6.92 Å². The van der Waals surface area contributed by atoms with Crippen LogP contribution in [0.5, 0.6) is 23.0 Å². The first-order chi connectivity index (χ1) is 28.9. The highest BCUT2D eigenvalue weighted by molar-refractivity contribution is 5.67. The van der Waals surface area contributed by atoms with Gasteiger partial charge in [-0.3, -0.25) is 0 Å². The van der Waals surface area contributed by atoms with Gasteiger partial charge < -0.3 is 52.5 Å². The Balaban J connectivity index is 1.33. The maximum absolute atomic E-state index is 11.0. The van der Waals surface area contributed by atoms with Gasteiger partial charge in [0.2, 0.25) is 11.5 Å². The van der Waals surface area contributed by atoms with Crippen molar-refractivity contribution in [2.75, 3.05) is 62.9 Å². The Labute approximate surface area is 359 Å². The van der Waals surface area contributed by atoms with Gasteiger partial charge in [0.25, 0.3) is 0 Å². The monoisotopic (exact) mass is 839 g/mol. The summed E-state index contributed by atoms with van der Waals surface area (Å²) >= 11 is 0. The van der Waals surface area contributed by atoms with E-state index >= 15 is 0 Å². The number of hydrogen-bond donors (Lipinski definition) is 1. The zero-order chi connectivity index (χ0) is 42.7. The van der Waals surface area contributed by atoms with Crippen molar-refractivity contribution < 1.29 is 52.5 Å². The first kappa shape index (κ1) is 51.5. The Bertz CT molecular complexity index is 1210. The quantitative estimate of drug-likeness (QED) is 0.0515. The molecule has 7 atom stereocenters. The van der Waals surface area contributed by atoms with Crippen molar-refractivity contribution in [2.24, 2.45) is 5.92 Å². The summed E-state index contributed by atoms with van der Waals surface area (Å²) in [4.78, 5) is 0. The number of aliphatic hydroxyl groups is 1. The van der Waals surface area contributed by atoms with Crippen LogP contribution < -0.4 is 18.9 Å². The standard InChI is InChI=1S/C48H86O11/c1-9-10-11-12-13-18-21-24-27-41(57-35-51-4)42-30-31-44(59-42)43-29-28-40(58-43)37(33-56-34-50-3)25-22-19-16-14-15-17-20-23-26-38(49)32-39-36(2)45(52-5)47(54-7)48(55-8)46(39)53-6/h37-38,40-44,49H,9-35H2,1-8H3. The van der Waals surface area contributed by atoms with Crippen LogP contribution in [0.2, 0.25) is 0 Å². The highest BCUT2D eigenvalue weighted by atomic mass is 16.7. The van der Waals surface area contributed by atoms with E-state index in [0.717, 1.165) is 68.9 Å². The Morgan fingerprint density at radius 2 is 1.05 bits per heavy atom. The van der Waals surface area contributed by atoms with Gasteiger partial charge in [-0.05, 0) is 51.9 Å². The molecule has 344 valence electrons. The fraction of sp³-hybridized carbons (Fsp3) is 0.875. The molecule has 2 aliphatic rings. The zero-order valence-corrected chi connectivity index (χ0v) is 38.7. The zero-order valence-electron chi connectivity index (χ0n) is 38.7. The van der Waals surface area contributed by atoms with E-state index in [0.29, 0.717) is 55.5 Å². The van der Waals surface area contributed by atoms with Crippen molar-refractivity contribution in [2.45, 2.75) is 205 Å². The minimum Gasteiger partial charge on any atom is -0.492 e. The first-order valence-corrected chi connectivity index (χ1v) is 23.4. The van der Waals surface area contributed by atoms with Crippen LogP contribution in [0, 0.1) is 12.8 Å². The average molecular weight is 839 g/mol. The molecule has 0 spiro atoms. The molecule has 0 amide bonds. The normalized spacial score (nSPS) is 20.8. The van der Waals surface area contributed by atoms with Crippen molar-refractivity contribution in [3.8, 4) is 23.0 Å². The molecule has 2 heterocycles. The SMILES string of the molecule is CCCCCCCCCCC(OCOC)C1CCC(C2CCC(C(CCCCCCCCCCC(O)Cc3c(C)c(OC)c(OC)c(OC)c3OC)COCOC)O2)O1. The van der Waals surface area contributed by atoms with Gasteiger partial charge in [0.05, 0.1) is 71.7 Å². The van der Waals surface area contributed by atoms with Crippen LogP contribution in [-0.2, 0) is 34.8 Å². The van der Waals surface area contributed by atoms with E-state index in [4.69, 9.17) is 47.4 Å². The molecule has 3 rings (SSSR count). The van der Waals surface area contributed by atoms with Crippen LogP contribution >= 0.6 is 0 Å². The van der Waals surface area contributed by atoms with Crippen LogP contribution in [-0.4, -0.2) is 105 Å². The number of unbranched alkanes of at least 4 members (excludes halogenated alkanes) is 14. The number of aliphatic hydroxyl groups excluding tert-OH is 1. The first-order valence-electron chi connectivity index (χ1n) is 23.4. The van der Waals surface area contributed by atoms with Gasteiger partial charge in [0, 0.05) is 37.7 Å². The maximum Gasteiger partial charge on any atom is 0.207 e. The maximum atomic E-state index is 11.0. The summed E-state index contributed by atoms with van der Waals surface area (Å²) in [5.74, 6) is 2.54. The van der Waals surface area contributed by atoms with Gasteiger partial charge in [-0.25, -0.2) is 0 Å². The van der Waals surface area contributed by atoms with Crippen molar-refractivity contribution >= 4 is 0 Å². The molecule has 1 aromatic rings. The van der Waals surface area contributed by atoms with Crippen LogP contribution in [0.25, 0.3) is 0 Å². The summed E-state index contributed by atoms with van der Waals surface area (Å²) in [7, 11) is 9.78. The van der Waals surface area contributed by atoms with E-state index in [1.165, 1.54) is 89.9 Å². The fourth-order valence-corrected chi connectivity index (χ4v) is 9.30. The highest BCUT2D eigenvalue weighted by Crippen LogP contribution is 2.49. The molecule has 7 unspecified atom stereocenters. The third-order valence-corrected chi connectivity index (χ3v) is 12.6. The molecule has 59 heavy (non-hydrogen) atoms. The minimum atomic E-state index is -0.477. The van der Waals surface area contributed by atoms with Crippen LogP contribution in [0.15, 0.2) is 0 Å². The summed E-state index contributed by atoms with van der Waals surface area (Å²) in [6, 6.07) is 0. The summed E-state index contributed by atoms with van der Waals surface area (Å²) in [6.45, 7) is 5.55. The number of methoxy groups -OCH3 is 6.